The molecule has 0 radical (unpaired) electrons. The number of hydrogen-bond acceptors (Lipinski definition) is 5. The van der Waals surface area contributed by atoms with E-state index in [1.54, 1.807) is 18.2 Å². The van der Waals surface area contributed by atoms with Crippen LogP contribution >= 0.6 is 11.6 Å². The summed E-state index contributed by atoms with van der Waals surface area (Å²) in [7, 11) is 1.48. The van der Waals surface area contributed by atoms with Crippen LogP contribution in [0.2, 0.25) is 5.02 Å². The number of carbonyl (C=O) groups excluding carboxylic acids is 1. The van der Waals surface area contributed by atoms with Crippen LogP contribution in [-0.2, 0) is 13.0 Å². The topological polar surface area (TPSA) is 77.2 Å². The summed E-state index contributed by atoms with van der Waals surface area (Å²) >= 11 is 5.90. The van der Waals surface area contributed by atoms with Crippen LogP contribution in [0.25, 0.3) is 0 Å². The number of ether oxygens (including phenoxy) is 1. The first-order valence-electron chi connectivity index (χ1n) is 7.63. The summed E-state index contributed by atoms with van der Waals surface area (Å²) in [5, 5.41) is 7.12. The molecule has 0 spiro atoms. The number of nitrogens with one attached hydrogen (secondary N) is 1. The van der Waals surface area contributed by atoms with E-state index in [4.69, 9.17) is 20.9 Å². The van der Waals surface area contributed by atoms with Crippen molar-refractivity contribution in [2.24, 2.45) is 0 Å². The molecule has 1 aromatic heterocycles. The minimum Gasteiger partial charge on any atom is -0.496 e. The second-order valence-electron chi connectivity index (χ2n) is 5.29. The highest BCUT2D eigenvalue weighted by Crippen LogP contribution is 2.23. The van der Waals surface area contributed by atoms with Gasteiger partial charge in [-0.1, -0.05) is 47.1 Å². The first-order valence-corrected chi connectivity index (χ1v) is 8.00. The summed E-state index contributed by atoms with van der Waals surface area (Å²) in [6.07, 6.45) is 0.548. The van der Waals surface area contributed by atoms with Crippen LogP contribution in [0, 0.1) is 0 Å². The standard InChI is InChI=1S/C18H16ClN3O3/c1-24-15-10-13(19)7-8-14(15)18(23)20-11-16-21-17(25-22-16)9-12-5-3-2-4-6-12/h2-8,10H,9,11H2,1H3,(H,20,23). The normalized spacial score (nSPS) is 10.5. The van der Waals surface area contributed by atoms with Gasteiger partial charge >= 0.3 is 0 Å². The van der Waals surface area contributed by atoms with Crippen molar-refractivity contribution in [3.63, 3.8) is 0 Å². The highest BCUT2D eigenvalue weighted by molar-refractivity contribution is 6.30. The maximum atomic E-state index is 12.3. The van der Waals surface area contributed by atoms with Gasteiger partial charge < -0.3 is 14.6 Å². The van der Waals surface area contributed by atoms with E-state index in [-0.39, 0.29) is 12.5 Å². The van der Waals surface area contributed by atoms with Crippen LogP contribution in [0.3, 0.4) is 0 Å². The molecule has 1 N–H and O–H groups in total. The van der Waals surface area contributed by atoms with E-state index < -0.39 is 0 Å². The third-order valence-corrected chi connectivity index (χ3v) is 3.76. The van der Waals surface area contributed by atoms with Gasteiger partial charge in [0.15, 0.2) is 5.82 Å². The van der Waals surface area contributed by atoms with Crippen LogP contribution in [0.5, 0.6) is 5.75 Å². The molecule has 0 atom stereocenters. The Morgan fingerprint density at radius 1 is 1.24 bits per heavy atom. The predicted molar refractivity (Wildman–Crippen MR) is 92.7 cm³/mol. The lowest BCUT2D eigenvalue weighted by molar-refractivity contribution is 0.0946. The van der Waals surface area contributed by atoms with Crippen molar-refractivity contribution in [3.8, 4) is 5.75 Å². The van der Waals surface area contributed by atoms with Crippen molar-refractivity contribution in [3.05, 3.63) is 76.4 Å². The summed E-state index contributed by atoms with van der Waals surface area (Å²) in [5.41, 5.74) is 1.47. The zero-order valence-electron chi connectivity index (χ0n) is 13.5. The zero-order chi connectivity index (χ0) is 17.6. The zero-order valence-corrected chi connectivity index (χ0v) is 14.3. The highest BCUT2D eigenvalue weighted by atomic mass is 35.5. The monoisotopic (exact) mass is 357 g/mol. The van der Waals surface area contributed by atoms with Crippen molar-refractivity contribution in [1.82, 2.24) is 15.5 Å². The lowest BCUT2D eigenvalue weighted by atomic mass is 10.1. The highest BCUT2D eigenvalue weighted by Gasteiger charge is 2.14. The predicted octanol–water partition coefficient (Wildman–Crippen LogP) is 3.25. The second-order valence-corrected chi connectivity index (χ2v) is 5.73. The molecule has 2 aromatic carbocycles. The quantitative estimate of drug-likeness (QED) is 0.732. The summed E-state index contributed by atoms with van der Waals surface area (Å²) in [5.74, 6) is 1.01. The summed E-state index contributed by atoms with van der Waals surface area (Å²) in [4.78, 5) is 16.6. The maximum Gasteiger partial charge on any atom is 0.255 e. The average Bonchev–Trinajstić information content (AvgIpc) is 3.07. The molecule has 1 heterocycles. The molecule has 3 rings (SSSR count). The van der Waals surface area contributed by atoms with E-state index in [1.807, 2.05) is 30.3 Å². The molecule has 128 valence electrons. The molecule has 0 aliphatic carbocycles. The molecule has 0 unspecified atom stereocenters. The maximum absolute atomic E-state index is 12.3. The van der Waals surface area contributed by atoms with E-state index in [9.17, 15) is 4.79 Å². The summed E-state index contributed by atoms with van der Waals surface area (Å²) < 4.78 is 10.4. The van der Waals surface area contributed by atoms with Gasteiger partial charge in [-0.2, -0.15) is 4.98 Å². The molecule has 25 heavy (non-hydrogen) atoms. The fourth-order valence-corrected chi connectivity index (χ4v) is 2.47. The molecule has 0 fully saturated rings. The third kappa shape index (κ3) is 4.36. The minimum absolute atomic E-state index is 0.156. The van der Waals surface area contributed by atoms with E-state index in [1.165, 1.54) is 7.11 Å². The average molecular weight is 358 g/mol. The number of benzene rings is 2. The molecule has 0 aliphatic rings. The lowest BCUT2D eigenvalue weighted by Gasteiger charge is -2.08. The van der Waals surface area contributed by atoms with Crippen LogP contribution in [0.1, 0.15) is 27.6 Å². The van der Waals surface area contributed by atoms with Gasteiger partial charge in [0.2, 0.25) is 5.89 Å². The number of amides is 1. The van der Waals surface area contributed by atoms with Crippen molar-refractivity contribution < 1.29 is 14.1 Å². The van der Waals surface area contributed by atoms with Gasteiger partial charge in [0, 0.05) is 5.02 Å². The Hall–Kier alpha value is -2.86. The second kappa shape index (κ2) is 7.81. The van der Waals surface area contributed by atoms with E-state index in [0.717, 1.165) is 5.56 Å². The van der Waals surface area contributed by atoms with Gasteiger partial charge in [-0.25, -0.2) is 0 Å². The number of hydrogen-bond donors (Lipinski definition) is 1. The number of aromatic nitrogens is 2. The number of nitrogens with zero attached hydrogens (tertiary/aromatic N) is 2. The van der Waals surface area contributed by atoms with Crippen molar-refractivity contribution in [1.29, 1.82) is 0 Å². The van der Waals surface area contributed by atoms with Crippen LogP contribution in [0.15, 0.2) is 53.1 Å². The Kier molecular flexibility index (Phi) is 5.30. The van der Waals surface area contributed by atoms with Gasteiger partial charge in [-0.05, 0) is 23.8 Å². The van der Waals surface area contributed by atoms with Gasteiger partial charge in [0.05, 0.1) is 25.6 Å². The minimum atomic E-state index is -0.303. The molecule has 6 nitrogen and oxygen atoms in total. The number of rotatable bonds is 6. The Bertz CT molecular complexity index is 865. The van der Waals surface area contributed by atoms with Gasteiger partial charge in [-0.3, -0.25) is 4.79 Å². The Morgan fingerprint density at radius 3 is 2.80 bits per heavy atom. The Labute approximate surface area is 149 Å². The smallest absolute Gasteiger partial charge is 0.255 e. The van der Waals surface area contributed by atoms with E-state index >= 15 is 0 Å². The Morgan fingerprint density at radius 2 is 2.04 bits per heavy atom. The van der Waals surface area contributed by atoms with E-state index in [0.29, 0.717) is 34.5 Å². The molecule has 7 heteroatoms. The Balaban J connectivity index is 1.61. The molecular formula is C18H16ClN3O3. The summed E-state index contributed by atoms with van der Waals surface area (Å²) in [6, 6.07) is 14.6. The SMILES string of the molecule is COc1cc(Cl)ccc1C(=O)NCc1noc(Cc2ccccc2)n1. The molecule has 1 amide bonds. The first-order chi connectivity index (χ1) is 12.2. The largest absolute Gasteiger partial charge is 0.496 e. The van der Waals surface area contributed by atoms with Gasteiger partial charge in [0.1, 0.15) is 5.75 Å². The van der Waals surface area contributed by atoms with Gasteiger partial charge in [-0.15, -0.1) is 0 Å². The molecule has 0 aliphatic heterocycles. The summed E-state index contributed by atoms with van der Waals surface area (Å²) in [6.45, 7) is 0.156. The third-order valence-electron chi connectivity index (χ3n) is 3.52. The molecular weight excluding hydrogens is 342 g/mol. The van der Waals surface area contributed by atoms with Gasteiger partial charge in [0.25, 0.3) is 5.91 Å². The molecule has 0 saturated heterocycles. The fraction of sp³-hybridized carbons (Fsp3) is 0.167. The first kappa shape index (κ1) is 17.0. The number of carbonyl (C=O) groups is 1. The lowest BCUT2D eigenvalue weighted by Crippen LogP contribution is -2.24. The fourth-order valence-electron chi connectivity index (χ4n) is 2.31. The van der Waals surface area contributed by atoms with Crippen molar-refractivity contribution in [2.75, 3.05) is 7.11 Å². The van der Waals surface area contributed by atoms with Crippen LogP contribution in [0.4, 0.5) is 0 Å². The molecule has 3 aromatic rings. The molecule has 0 saturated carbocycles. The molecule has 0 bridgehead atoms. The van der Waals surface area contributed by atoms with Crippen molar-refractivity contribution in [2.45, 2.75) is 13.0 Å². The van der Waals surface area contributed by atoms with E-state index in [2.05, 4.69) is 15.5 Å². The van der Waals surface area contributed by atoms with Crippen LogP contribution in [-0.4, -0.2) is 23.2 Å². The van der Waals surface area contributed by atoms with Crippen molar-refractivity contribution >= 4 is 17.5 Å². The number of methoxy groups -OCH3 is 1. The van der Waals surface area contributed by atoms with Crippen LogP contribution < -0.4 is 10.1 Å². The number of halogens is 1.